The molecule has 0 aromatic heterocycles. The zero-order valence-electron chi connectivity index (χ0n) is 13.1. The number of benzene rings is 2. The number of urea groups is 1. The molecule has 0 bridgehead atoms. The van der Waals surface area contributed by atoms with E-state index in [1.165, 1.54) is 12.1 Å². The van der Waals surface area contributed by atoms with Gasteiger partial charge in [0.25, 0.3) is 5.91 Å². The van der Waals surface area contributed by atoms with Crippen LogP contribution >= 0.6 is 0 Å². The topological polar surface area (TPSA) is 61.4 Å². The first-order chi connectivity index (χ1) is 11.6. The van der Waals surface area contributed by atoms with E-state index in [1.54, 1.807) is 36.4 Å². The second kappa shape index (κ2) is 7.12. The van der Waals surface area contributed by atoms with E-state index in [9.17, 15) is 14.0 Å². The molecule has 2 aromatic rings. The standard InChI is InChI=1S/C18H18FN3O2/c19-15-5-1-2-6-16(15)21-18(24)20-14-9-7-13(8-10-14)17(23)22-11-3-4-12-22/h1-2,5-10H,3-4,11-12H2,(H2,20,21,24). The van der Waals surface area contributed by atoms with Crippen molar-refractivity contribution in [2.75, 3.05) is 23.7 Å². The highest BCUT2D eigenvalue weighted by atomic mass is 19.1. The SMILES string of the molecule is O=C(Nc1ccc(C(=O)N2CCCC2)cc1)Nc1ccccc1F. The lowest BCUT2D eigenvalue weighted by Gasteiger charge is -2.15. The molecule has 24 heavy (non-hydrogen) atoms. The number of anilines is 2. The normalized spacial score (nSPS) is 13.6. The van der Waals surface area contributed by atoms with Crippen molar-refractivity contribution in [3.8, 4) is 0 Å². The molecule has 1 saturated heterocycles. The fourth-order valence-electron chi connectivity index (χ4n) is 2.65. The number of likely N-dealkylation sites (tertiary alicyclic amines) is 1. The first-order valence-corrected chi connectivity index (χ1v) is 7.85. The molecule has 0 spiro atoms. The lowest BCUT2D eigenvalue weighted by molar-refractivity contribution is 0.0793. The zero-order chi connectivity index (χ0) is 16.9. The Labute approximate surface area is 139 Å². The predicted molar refractivity (Wildman–Crippen MR) is 90.6 cm³/mol. The third-order valence-corrected chi connectivity index (χ3v) is 3.91. The van der Waals surface area contributed by atoms with Gasteiger partial charge in [-0.3, -0.25) is 4.79 Å². The third-order valence-electron chi connectivity index (χ3n) is 3.91. The van der Waals surface area contributed by atoms with E-state index >= 15 is 0 Å². The van der Waals surface area contributed by atoms with E-state index in [1.807, 2.05) is 4.90 Å². The van der Waals surface area contributed by atoms with Crippen molar-refractivity contribution in [3.05, 3.63) is 59.9 Å². The number of carbonyl (C=O) groups is 2. The van der Waals surface area contributed by atoms with E-state index in [-0.39, 0.29) is 11.6 Å². The van der Waals surface area contributed by atoms with Crippen molar-refractivity contribution in [1.29, 1.82) is 0 Å². The number of hydrogen-bond donors (Lipinski definition) is 2. The van der Waals surface area contributed by atoms with Gasteiger partial charge in [-0.25, -0.2) is 9.18 Å². The number of rotatable bonds is 3. The summed E-state index contributed by atoms with van der Waals surface area (Å²) in [6, 6.07) is 12.1. The maximum Gasteiger partial charge on any atom is 0.323 e. The molecule has 124 valence electrons. The predicted octanol–water partition coefficient (Wildman–Crippen LogP) is 3.71. The van der Waals surface area contributed by atoms with Crippen molar-refractivity contribution < 1.29 is 14.0 Å². The van der Waals surface area contributed by atoms with Gasteiger partial charge >= 0.3 is 6.03 Å². The van der Waals surface area contributed by atoms with Crippen molar-refractivity contribution in [2.24, 2.45) is 0 Å². The second-order valence-corrected chi connectivity index (χ2v) is 5.64. The van der Waals surface area contributed by atoms with Gasteiger partial charge in [-0.1, -0.05) is 12.1 Å². The number of para-hydroxylation sites is 1. The van der Waals surface area contributed by atoms with Gasteiger partial charge < -0.3 is 15.5 Å². The second-order valence-electron chi connectivity index (χ2n) is 5.64. The first-order valence-electron chi connectivity index (χ1n) is 7.85. The Bertz CT molecular complexity index is 740. The highest BCUT2D eigenvalue weighted by molar-refractivity contribution is 6.00. The van der Waals surface area contributed by atoms with Crippen molar-refractivity contribution >= 4 is 23.3 Å². The smallest absolute Gasteiger partial charge is 0.323 e. The Morgan fingerprint density at radius 1 is 0.917 bits per heavy atom. The molecule has 0 saturated carbocycles. The first kappa shape index (κ1) is 16.0. The lowest BCUT2D eigenvalue weighted by atomic mass is 10.2. The van der Waals surface area contributed by atoms with Crippen LogP contribution in [0.2, 0.25) is 0 Å². The van der Waals surface area contributed by atoms with Gasteiger partial charge in [0, 0.05) is 24.3 Å². The summed E-state index contributed by atoms with van der Waals surface area (Å²) >= 11 is 0. The van der Waals surface area contributed by atoms with Crippen LogP contribution in [0.25, 0.3) is 0 Å². The number of hydrogen-bond acceptors (Lipinski definition) is 2. The molecule has 1 aliphatic rings. The summed E-state index contributed by atoms with van der Waals surface area (Å²) in [6.45, 7) is 1.59. The van der Waals surface area contributed by atoms with Crippen LogP contribution in [0, 0.1) is 5.82 Å². The van der Waals surface area contributed by atoms with Gasteiger partial charge in [-0.05, 0) is 49.2 Å². The monoisotopic (exact) mass is 327 g/mol. The minimum Gasteiger partial charge on any atom is -0.339 e. The number of carbonyl (C=O) groups excluding carboxylic acids is 2. The summed E-state index contributed by atoms with van der Waals surface area (Å²) in [5.41, 5.74) is 1.23. The van der Waals surface area contributed by atoms with Crippen LogP contribution in [0.4, 0.5) is 20.6 Å². The van der Waals surface area contributed by atoms with Crippen molar-refractivity contribution in [3.63, 3.8) is 0 Å². The summed E-state index contributed by atoms with van der Waals surface area (Å²) in [5, 5.41) is 5.05. The average Bonchev–Trinajstić information content (AvgIpc) is 3.11. The number of amides is 3. The molecule has 5 nitrogen and oxygen atoms in total. The molecular weight excluding hydrogens is 309 g/mol. The van der Waals surface area contributed by atoms with Crippen molar-refractivity contribution in [1.82, 2.24) is 4.90 Å². The molecule has 0 radical (unpaired) electrons. The number of halogens is 1. The van der Waals surface area contributed by atoms with Crippen LogP contribution < -0.4 is 10.6 Å². The summed E-state index contributed by atoms with van der Waals surface area (Å²) in [4.78, 5) is 26.0. The van der Waals surface area contributed by atoms with E-state index in [0.29, 0.717) is 11.3 Å². The van der Waals surface area contributed by atoms with Crippen LogP contribution in [0.3, 0.4) is 0 Å². The molecule has 2 N–H and O–H groups in total. The minimum absolute atomic E-state index is 0.00913. The summed E-state index contributed by atoms with van der Waals surface area (Å²) in [7, 11) is 0. The van der Waals surface area contributed by atoms with Gasteiger partial charge in [-0.15, -0.1) is 0 Å². The lowest BCUT2D eigenvalue weighted by Crippen LogP contribution is -2.27. The maximum atomic E-state index is 13.5. The molecule has 1 aliphatic heterocycles. The van der Waals surface area contributed by atoms with E-state index < -0.39 is 11.8 Å². The Morgan fingerprint density at radius 2 is 1.58 bits per heavy atom. The summed E-state index contributed by atoms with van der Waals surface area (Å²) < 4.78 is 13.5. The molecule has 3 rings (SSSR count). The Kier molecular flexibility index (Phi) is 4.74. The fraction of sp³-hybridized carbons (Fsp3) is 0.222. The highest BCUT2D eigenvalue weighted by Gasteiger charge is 2.19. The zero-order valence-corrected chi connectivity index (χ0v) is 13.1. The van der Waals surface area contributed by atoms with Gasteiger partial charge in [0.2, 0.25) is 0 Å². The van der Waals surface area contributed by atoms with Crippen LogP contribution in [0.5, 0.6) is 0 Å². The molecule has 1 fully saturated rings. The Morgan fingerprint density at radius 3 is 2.25 bits per heavy atom. The van der Waals surface area contributed by atoms with E-state index in [2.05, 4.69) is 10.6 Å². The Hall–Kier alpha value is -2.89. The van der Waals surface area contributed by atoms with E-state index in [4.69, 9.17) is 0 Å². The largest absolute Gasteiger partial charge is 0.339 e. The summed E-state index contributed by atoms with van der Waals surface area (Å²) in [6.07, 6.45) is 2.09. The molecule has 2 aromatic carbocycles. The Balaban J connectivity index is 1.60. The van der Waals surface area contributed by atoms with Gasteiger partial charge in [0.15, 0.2) is 0 Å². The molecule has 0 atom stereocenters. The van der Waals surface area contributed by atoms with Crippen molar-refractivity contribution in [2.45, 2.75) is 12.8 Å². The van der Waals surface area contributed by atoms with Crippen LogP contribution in [-0.4, -0.2) is 29.9 Å². The van der Waals surface area contributed by atoms with Crippen LogP contribution in [-0.2, 0) is 0 Å². The average molecular weight is 327 g/mol. The molecular formula is C18H18FN3O2. The third kappa shape index (κ3) is 3.71. The fourth-order valence-corrected chi connectivity index (χ4v) is 2.65. The number of nitrogens with one attached hydrogen (secondary N) is 2. The van der Waals surface area contributed by atoms with Gasteiger partial charge in [0.1, 0.15) is 5.82 Å². The van der Waals surface area contributed by atoms with E-state index in [0.717, 1.165) is 25.9 Å². The van der Waals surface area contributed by atoms with Gasteiger partial charge in [0.05, 0.1) is 5.69 Å². The minimum atomic E-state index is -0.543. The molecule has 6 heteroatoms. The maximum absolute atomic E-state index is 13.5. The summed E-state index contributed by atoms with van der Waals surface area (Å²) in [5.74, 6) is -0.492. The quantitative estimate of drug-likeness (QED) is 0.903. The van der Waals surface area contributed by atoms with Crippen LogP contribution in [0.1, 0.15) is 23.2 Å². The molecule has 0 aliphatic carbocycles. The molecule has 1 heterocycles. The molecule has 0 unspecified atom stereocenters. The highest BCUT2D eigenvalue weighted by Crippen LogP contribution is 2.16. The van der Waals surface area contributed by atoms with Gasteiger partial charge in [-0.2, -0.15) is 0 Å². The van der Waals surface area contributed by atoms with Crippen LogP contribution in [0.15, 0.2) is 48.5 Å². The number of nitrogens with zero attached hydrogens (tertiary/aromatic N) is 1. The molecule has 3 amide bonds.